The Balaban J connectivity index is 1.39. The zero-order chi connectivity index (χ0) is 21.9. The molecule has 0 saturated carbocycles. The second-order valence-electron chi connectivity index (χ2n) is 6.77. The minimum Gasteiger partial charge on any atom is -0.445 e. The SMILES string of the molecule is Nc1ccccc1NC(=O)C=Cc1ccc(CCNC(=O)OCc2cccnc2)cc1. The van der Waals surface area contributed by atoms with Crippen LogP contribution in [0, 0.1) is 0 Å². The van der Waals surface area contributed by atoms with Gasteiger partial charge in [0.2, 0.25) is 5.91 Å². The molecule has 0 bridgehead atoms. The quantitative estimate of drug-likeness (QED) is 0.383. The fourth-order valence-electron chi connectivity index (χ4n) is 2.74. The van der Waals surface area contributed by atoms with E-state index in [-0.39, 0.29) is 12.5 Å². The molecule has 0 aliphatic heterocycles. The summed E-state index contributed by atoms with van der Waals surface area (Å²) in [5.74, 6) is -0.254. The summed E-state index contributed by atoms with van der Waals surface area (Å²) in [5, 5.41) is 5.47. The van der Waals surface area contributed by atoms with Crippen LogP contribution in [0.25, 0.3) is 6.08 Å². The zero-order valence-electron chi connectivity index (χ0n) is 17.0. The first-order valence-corrected chi connectivity index (χ1v) is 9.82. The summed E-state index contributed by atoms with van der Waals surface area (Å²) in [5.41, 5.74) is 9.71. The van der Waals surface area contributed by atoms with Crippen LogP contribution in [0.1, 0.15) is 16.7 Å². The van der Waals surface area contributed by atoms with Crippen LogP contribution in [-0.4, -0.2) is 23.5 Å². The average molecular weight is 416 g/mol. The van der Waals surface area contributed by atoms with Crippen LogP contribution < -0.4 is 16.4 Å². The molecule has 0 aliphatic rings. The van der Waals surface area contributed by atoms with Crippen molar-refractivity contribution in [3.63, 3.8) is 0 Å². The van der Waals surface area contributed by atoms with Gasteiger partial charge in [0.1, 0.15) is 6.61 Å². The molecule has 0 fully saturated rings. The van der Waals surface area contributed by atoms with Crippen LogP contribution in [0.3, 0.4) is 0 Å². The van der Waals surface area contributed by atoms with Gasteiger partial charge in [0.05, 0.1) is 11.4 Å². The topological polar surface area (TPSA) is 106 Å². The van der Waals surface area contributed by atoms with Gasteiger partial charge in [-0.1, -0.05) is 42.5 Å². The standard InChI is InChI=1S/C24H24N4O3/c25-21-5-1-2-6-22(21)28-23(29)12-11-18-7-9-19(10-8-18)13-15-27-24(30)31-17-20-4-3-14-26-16-20/h1-12,14,16H,13,15,17,25H2,(H,27,30)(H,28,29). The summed E-state index contributed by atoms with van der Waals surface area (Å²) in [7, 11) is 0. The number of nitrogen functional groups attached to an aromatic ring is 1. The third-order valence-electron chi connectivity index (χ3n) is 4.40. The number of amides is 2. The number of nitrogens with two attached hydrogens (primary N) is 1. The number of nitrogens with one attached hydrogen (secondary N) is 2. The molecule has 7 nitrogen and oxygen atoms in total. The lowest BCUT2D eigenvalue weighted by molar-refractivity contribution is -0.111. The van der Waals surface area contributed by atoms with Crippen molar-refractivity contribution in [2.24, 2.45) is 0 Å². The highest BCUT2D eigenvalue weighted by Gasteiger charge is 2.03. The molecule has 0 unspecified atom stereocenters. The van der Waals surface area contributed by atoms with Gasteiger partial charge in [0.15, 0.2) is 0 Å². The average Bonchev–Trinajstić information content (AvgIpc) is 2.79. The highest BCUT2D eigenvalue weighted by Crippen LogP contribution is 2.16. The molecule has 0 aliphatic carbocycles. The van der Waals surface area contributed by atoms with E-state index in [0.717, 1.165) is 16.7 Å². The third kappa shape index (κ3) is 7.32. The molecule has 0 spiro atoms. The van der Waals surface area contributed by atoms with E-state index in [0.29, 0.717) is 24.3 Å². The lowest BCUT2D eigenvalue weighted by Crippen LogP contribution is -2.26. The first-order valence-electron chi connectivity index (χ1n) is 9.82. The van der Waals surface area contributed by atoms with Crippen molar-refractivity contribution >= 4 is 29.5 Å². The fraction of sp³-hybridized carbons (Fsp3) is 0.125. The molecule has 2 aromatic carbocycles. The molecule has 4 N–H and O–H groups in total. The molecule has 31 heavy (non-hydrogen) atoms. The summed E-state index contributed by atoms with van der Waals surface area (Å²) in [6.07, 6.45) is 6.71. The molecule has 3 aromatic rings. The minimum absolute atomic E-state index is 0.186. The maximum absolute atomic E-state index is 12.0. The summed E-state index contributed by atoms with van der Waals surface area (Å²) < 4.78 is 5.14. The van der Waals surface area contributed by atoms with E-state index >= 15 is 0 Å². The van der Waals surface area contributed by atoms with Gasteiger partial charge >= 0.3 is 6.09 Å². The molecule has 3 rings (SSSR count). The molecular weight excluding hydrogens is 392 g/mol. The van der Waals surface area contributed by atoms with Gasteiger partial charge in [0.25, 0.3) is 0 Å². The Morgan fingerprint density at radius 2 is 1.81 bits per heavy atom. The van der Waals surface area contributed by atoms with Crippen LogP contribution in [0.5, 0.6) is 0 Å². The van der Waals surface area contributed by atoms with Gasteiger partial charge in [0, 0.05) is 30.6 Å². The molecular formula is C24H24N4O3. The second kappa shape index (κ2) is 11.2. The monoisotopic (exact) mass is 416 g/mol. The lowest BCUT2D eigenvalue weighted by Gasteiger charge is -2.07. The smallest absolute Gasteiger partial charge is 0.407 e. The summed E-state index contributed by atoms with van der Waals surface area (Å²) in [6.45, 7) is 0.646. The predicted octanol–water partition coefficient (Wildman–Crippen LogP) is 3.78. The molecule has 2 amide bonds. The lowest BCUT2D eigenvalue weighted by atomic mass is 10.1. The molecule has 158 valence electrons. The Kier molecular flexibility index (Phi) is 7.77. The van der Waals surface area contributed by atoms with Crippen molar-refractivity contribution in [2.45, 2.75) is 13.0 Å². The maximum Gasteiger partial charge on any atom is 0.407 e. The van der Waals surface area contributed by atoms with Gasteiger partial charge < -0.3 is 21.1 Å². The number of aromatic nitrogens is 1. The van der Waals surface area contributed by atoms with Crippen molar-refractivity contribution in [1.29, 1.82) is 0 Å². The summed E-state index contributed by atoms with van der Waals surface area (Å²) in [6, 6.07) is 18.5. The van der Waals surface area contributed by atoms with Crippen LogP contribution in [-0.2, 0) is 22.6 Å². The molecule has 1 aromatic heterocycles. The number of rotatable bonds is 8. The number of ether oxygens (including phenoxy) is 1. The van der Waals surface area contributed by atoms with E-state index in [4.69, 9.17) is 10.5 Å². The van der Waals surface area contributed by atoms with Crippen molar-refractivity contribution in [1.82, 2.24) is 10.3 Å². The van der Waals surface area contributed by atoms with E-state index in [9.17, 15) is 9.59 Å². The van der Waals surface area contributed by atoms with Gasteiger partial charge in [-0.15, -0.1) is 0 Å². The van der Waals surface area contributed by atoms with Crippen molar-refractivity contribution < 1.29 is 14.3 Å². The Hall–Kier alpha value is -4.13. The van der Waals surface area contributed by atoms with Gasteiger partial charge in [-0.25, -0.2) is 4.79 Å². The van der Waals surface area contributed by atoms with Crippen LogP contribution >= 0.6 is 0 Å². The van der Waals surface area contributed by atoms with Gasteiger partial charge in [-0.2, -0.15) is 0 Å². The van der Waals surface area contributed by atoms with E-state index in [1.807, 2.05) is 42.5 Å². The fourth-order valence-corrected chi connectivity index (χ4v) is 2.74. The Morgan fingerprint density at radius 3 is 2.55 bits per heavy atom. The minimum atomic E-state index is -0.464. The third-order valence-corrected chi connectivity index (χ3v) is 4.40. The summed E-state index contributed by atoms with van der Waals surface area (Å²) >= 11 is 0. The molecule has 0 radical (unpaired) electrons. The van der Waals surface area contributed by atoms with E-state index in [2.05, 4.69) is 15.6 Å². The number of nitrogens with zero attached hydrogens (tertiary/aromatic N) is 1. The number of hydrogen-bond acceptors (Lipinski definition) is 5. The molecule has 1 heterocycles. The molecule has 0 saturated heterocycles. The maximum atomic E-state index is 12.0. The Labute approximate surface area is 181 Å². The van der Waals surface area contributed by atoms with Crippen LogP contribution in [0.2, 0.25) is 0 Å². The van der Waals surface area contributed by atoms with Crippen LogP contribution in [0.4, 0.5) is 16.2 Å². The number of benzene rings is 2. The Bertz CT molecular complexity index is 1030. The normalized spacial score (nSPS) is 10.6. The van der Waals surface area contributed by atoms with Crippen molar-refractivity contribution in [3.05, 3.63) is 95.8 Å². The highest BCUT2D eigenvalue weighted by atomic mass is 16.5. The first-order chi connectivity index (χ1) is 15.1. The van der Waals surface area contributed by atoms with E-state index < -0.39 is 6.09 Å². The molecule has 0 atom stereocenters. The van der Waals surface area contributed by atoms with Gasteiger partial charge in [-0.05, 0) is 41.8 Å². The number of hydrogen-bond donors (Lipinski definition) is 3. The number of carbonyl (C=O) groups is 2. The highest BCUT2D eigenvalue weighted by molar-refractivity contribution is 6.03. The number of pyridine rings is 1. The predicted molar refractivity (Wildman–Crippen MR) is 121 cm³/mol. The first kappa shape index (κ1) is 21.6. The van der Waals surface area contributed by atoms with Crippen molar-refractivity contribution in [2.75, 3.05) is 17.6 Å². The number of para-hydroxylation sites is 2. The second-order valence-corrected chi connectivity index (χ2v) is 6.77. The molecule has 7 heteroatoms. The van der Waals surface area contributed by atoms with E-state index in [1.165, 1.54) is 6.08 Å². The zero-order valence-corrected chi connectivity index (χ0v) is 17.0. The number of alkyl carbamates (subject to hydrolysis) is 1. The number of carbonyl (C=O) groups excluding carboxylic acids is 2. The Morgan fingerprint density at radius 1 is 1.00 bits per heavy atom. The van der Waals surface area contributed by atoms with E-state index in [1.54, 1.807) is 36.7 Å². The summed E-state index contributed by atoms with van der Waals surface area (Å²) in [4.78, 5) is 27.8. The largest absolute Gasteiger partial charge is 0.445 e. The number of anilines is 2. The van der Waals surface area contributed by atoms with Crippen LogP contribution in [0.15, 0.2) is 79.1 Å². The van der Waals surface area contributed by atoms with Crippen molar-refractivity contribution in [3.8, 4) is 0 Å². The van der Waals surface area contributed by atoms with Gasteiger partial charge in [-0.3, -0.25) is 9.78 Å².